The molecule has 1 N–H and O–H groups in total. The van der Waals surface area contributed by atoms with Crippen LogP contribution in [0.4, 0.5) is 5.95 Å². The van der Waals surface area contributed by atoms with Crippen LogP contribution >= 0.6 is 0 Å². The standard InChI is InChI=1S/C16H26N4O/c1-4-5-8-17-15(21)14-11-18-16(19-13(14)3)20-9-6-12(2)7-10-20/h11-12H,4-10H2,1-3H3,(H,17,21). The number of rotatable bonds is 5. The highest BCUT2D eigenvalue weighted by atomic mass is 16.1. The number of aromatic nitrogens is 2. The minimum Gasteiger partial charge on any atom is -0.352 e. The van der Waals surface area contributed by atoms with Gasteiger partial charge in [0, 0.05) is 25.8 Å². The van der Waals surface area contributed by atoms with Crippen LogP contribution in [0.1, 0.15) is 55.6 Å². The van der Waals surface area contributed by atoms with E-state index in [1.54, 1.807) is 6.20 Å². The molecule has 0 aromatic carbocycles. The topological polar surface area (TPSA) is 58.1 Å². The lowest BCUT2D eigenvalue weighted by Gasteiger charge is -2.30. The maximum atomic E-state index is 12.1. The normalized spacial score (nSPS) is 16.0. The summed E-state index contributed by atoms with van der Waals surface area (Å²) in [5.41, 5.74) is 1.34. The Labute approximate surface area is 127 Å². The zero-order valence-corrected chi connectivity index (χ0v) is 13.4. The van der Waals surface area contributed by atoms with Crippen LogP contribution in [0, 0.1) is 12.8 Å². The van der Waals surface area contributed by atoms with E-state index in [9.17, 15) is 4.79 Å². The summed E-state index contributed by atoms with van der Waals surface area (Å²) in [5, 5.41) is 2.91. The molecule has 5 heteroatoms. The van der Waals surface area contributed by atoms with Gasteiger partial charge in [-0.3, -0.25) is 4.79 Å². The Hall–Kier alpha value is -1.65. The molecule has 0 radical (unpaired) electrons. The molecule has 1 aliphatic rings. The number of nitrogens with zero attached hydrogens (tertiary/aromatic N) is 3. The molecule has 21 heavy (non-hydrogen) atoms. The molecule has 116 valence electrons. The molecule has 2 heterocycles. The smallest absolute Gasteiger partial charge is 0.254 e. The lowest BCUT2D eigenvalue weighted by Crippen LogP contribution is -2.34. The van der Waals surface area contributed by atoms with Crippen molar-refractivity contribution in [1.29, 1.82) is 0 Å². The second-order valence-electron chi connectivity index (χ2n) is 5.95. The van der Waals surface area contributed by atoms with Crippen LogP contribution in [-0.2, 0) is 0 Å². The predicted molar refractivity (Wildman–Crippen MR) is 84.6 cm³/mol. The van der Waals surface area contributed by atoms with Crippen LogP contribution in [0.3, 0.4) is 0 Å². The fourth-order valence-corrected chi connectivity index (χ4v) is 2.51. The van der Waals surface area contributed by atoms with Crippen molar-refractivity contribution in [1.82, 2.24) is 15.3 Å². The van der Waals surface area contributed by atoms with E-state index < -0.39 is 0 Å². The van der Waals surface area contributed by atoms with E-state index in [0.717, 1.165) is 43.5 Å². The van der Waals surface area contributed by atoms with Crippen LogP contribution < -0.4 is 10.2 Å². The molecule has 0 spiro atoms. The lowest BCUT2D eigenvalue weighted by atomic mass is 10.00. The van der Waals surface area contributed by atoms with Gasteiger partial charge in [-0.25, -0.2) is 9.97 Å². The molecule has 1 fully saturated rings. The fraction of sp³-hybridized carbons (Fsp3) is 0.688. The van der Waals surface area contributed by atoms with Crippen LogP contribution in [0.25, 0.3) is 0 Å². The molecule has 1 aromatic heterocycles. The highest BCUT2D eigenvalue weighted by Crippen LogP contribution is 2.20. The molecule has 0 aliphatic carbocycles. The molecule has 0 saturated carbocycles. The summed E-state index contributed by atoms with van der Waals surface area (Å²) < 4.78 is 0. The Morgan fingerprint density at radius 1 is 1.43 bits per heavy atom. The minimum absolute atomic E-state index is 0.0697. The summed E-state index contributed by atoms with van der Waals surface area (Å²) in [6, 6.07) is 0. The highest BCUT2D eigenvalue weighted by molar-refractivity contribution is 5.94. The predicted octanol–water partition coefficient (Wildman–Crippen LogP) is 2.55. The molecule has 5 nitrogen and oxygen atoms in total. The van der Waals surface area contributed by atoms with Gasteiger partial charge in [-0.05, 0) is 32.1 Å². The summed E-state index contributed by atoms with van der Waals surface area (Å²) >= 11 is 0. The van der Waals surface area contributed by atoms with Gasteiger partial charge in [0.15, 0.2) is 0 Å². The molecule has 0 bridgehead atoms. The highest BCUT2D eigenvalue weighted by Gasteiger charge is 2.19. The van der Waals surface area contributed by atoms with Gasteiger partial charge in [-0.2, -0.15) is 0 Å². The van der Waals surface area contributed by atoms with Crippen molar-refractivity contribution >= 4 is 11.9 Å². The van der Waals surface area contributed by atoms with Crippen molar-refractivity contribution in [3.05, 3.63) is 17.5 Å². The van der Waals surface area contributed by atoms with Gasteiger partial charge in [0.2, 0.25) is 5.95 Å². The van der Waals surface area contributed by atoms with Crippen LogP contribution in [0.15, 0.2) is 6.20 Å². The van der Waals surface area contributed by atoms with Crippen LogP contribution in [0.5, 0.6) is 0 Å². The zero-order valence-electron chi connectivity index (χ0n) is 13.4. The van der Waals surface area contributed by atoms with Crippen molar-refractivity contribution < 1.29 is 4.79 Å². The van der Waals surface area contributed by atoms with Gasteiger partial charge in [0.25, 0.3) is 5.91 Å². The largest absolute Gasteiger partial charge is 0.352 e. The molecule has 2 rings (SSSR count). The minimum atomic E-state index is -0.0697. The Kier molecular flexibility index (Phi) is 5.53. The molecule has 0 atom stereocenters. The van der Waals surface area contributed by atoms with Gasteiger partial charge >= 0.3 is 0 Å². The van der Waals surface area contributed by atoms with Crippen molar-refractivity contribution in [2.24, 2.45) is 5.92 Å². The van der Waals surface area contributed by atoms with E-state index in [1.165, 1.54) is 12.8 Å². The summed E-state index contributed by atoms with van der Waals surface area (Å²) in [6.45, 7) is 8.99. The average molecular weight is 290 g/mol. The second kappa shape index (κ2) is 7.38. The summed E-state index contributed by atoms with van der Waals surface area (Å²) in [4.78, 5) is 23.2. The van der Waals surface area contributed by atoms with Crippen molar-refractivity contribution in [3.8, 4) is 0 Å². The molecule has 1 saturated heterocycles. The molecule has 1 amide bonds. The number of amides is 1. The number of carbonyl (C=O) groups is 1. The first-order valence-corrected chi connectivity index (χ1v) is 7.98. The summed E-state index contributed by atoms with van der Waals surface area (Å²) in [7, 11) is 0. The SMILES string of the molecule is CCCCNC(=O)c1cnc(N2CCC(C)CC2)nc1C. The number of carbonyl (C=O) groups excluding carboxylic acids is 1. The zero-order chi connectivity index (χ0) is 15.2. The number of hydrogen-bond donors (Lipinski definition) is 1. The number of aryl methyl sites for hydroxylation is 1. The Morgan fingerprint density at radius 2 is 2.14 bits per heavy atom. The van der Waals surface area contributed by atoms with E-state index in [0.29, 0.717) is 12.1 Å². The van der Waals surface area contributed by atoms with Gasteiger partial charge in [-0.1, -0.05) is 20.3 Å². The first kappa shape index (κ1) is 15.7. The maximum Gasteiger partial charge on any atom is 0.254 e. The second-order valence-corrected chi connectivity index (χ2v) is 5.95. The number of anilines is 1. The molecular weight excluding hydrogens is 264 g/mol. The quantitative estimate of drug-likeness (QED) is 0.847. The molecular formula is C16H26N4O. The third-order valence-electron chi connectivity index (χ3n) is 4.09. The molecule has 1 aliphatic heterocycles. The van der Waals surface area contributed by atoms with Crippen molar-refractivity contribution in [2.45, 2.75) is 46.5 Å². The number of nitrogens with one attached hydrogen (secondary N) is 1. The monoisotopic (exact) mass is 290 g/mol. The first-order valence-electron chi connectivity index (χ1n) is 7.98. The Morgan fingerprint density at radius 3 is 2.76 bits per heavy atom. The third kappa shape index (κ3) is 4.16. The van der Waals surface area contributed by atoms with Crippen molar-refractivity contribution in [2.75, 3.05) is 24.5 Å². The van der Waals surface area contributed by atoms with Crippen LogP contribution in [0.2, 0.25) is 0 Å². The Balaban J connectivity index is 2.01. The van der Waals surface area contributed by atoms with Gasteiger partial charge in [-0.15, -0.1) is 0 Å². The van der Waals surface area contributed by atoms with E-state index in [2.05, 4.69) is 34.0 Å². The van der Waals surface area contributed by atoms with E-state index in [-0.39, 0.29) is 5.91 Å². The van der Waals surface area contributed by atoms with Gasteiger partial charge < -0.3 is 10.2 Å². The van der Waals surface area contributed by atoms with E-state index in [1.807, 2.05) is 6.92 Å². The van der Waals surface area contributed by atoms with Gasteiger partial charge in [0.1, 0.15) is 0 Å². The lowest BCUT2D eigenvalue weighted by molar-refractivity contribution is 0.0951. The molecule has 0 unspecified atom stereocenters. The summed E-state index contributed by atoms with van der Waals surface area (Å²) in [6.07, 6.45) is 6.10. The van der Waals surface area contributed by atoms with Crippen molar-refractivity contribution in [3.63, 3.8) is 0 Å². The maximum absolute atomic E-state index is 12.1. The number of hydrogen-bond acceptors (Lipinski definition) is 4. The Bertz CT molecular complexity index is 481. The first-order chi connectivity index (χ1) is 10.1. The summed E-state index contributed by atoms with van der Waals surface area (Å²) in [5.74, 6) is 1.47. The fourth-order valence-electron chi connectivity index (χ4n) is 2.51. The van der Waals surface area contributed by atoms with E-state index >= 15 is 0 Å². The number of unbranched alkanes of at least 4 members (excludes halogenated alkanes) is 1. The average Bonchev–Trinajstić information content (AvgIpc) is 2.48. The third-order valence-corrected chi connectivity index (χ3v) is 4.09. The molecule has 1 aromatic rings. The van der Waals surface area contributed by atoms with Crippen LogP contribution in [-0.4, -0.2) is 35.5 Å². The van der Waals surface area contributed by atoms with E-state index in [4.69, 9.17) is 0 Å². The number of piperidine rings is 1. The van der Waals surface area contributed by atoms with Gasteiger partial charge in [0.05, 0.1) is 11.3 Å².